The van der Waals surface area contributed by atoms with Crippen molar-refractivity contribution < 1.29 is 13.9 Å². The number of hydrogen-bond donors (Lipinski definition) is 0. The molecule has 21 heavy (non-hydrogen) atoms. The maximum atomic E-state index is 13.1. The molecule has 0 aliphatic heterocycles. The second-order valence-corrected chi connectivity index (χ2v) is 5.68. The molecule has 0 unspecified atom stereocenters. The molecule has 1 aliphatic carbocycles. The van der Waals surface area contributed by atoms with Gasteiger partial charge in [-0.05, 0) is 49.8 Å². The molecule has 1 aliphatic rings. The SMILES string of the molecule is CCCC1CCC(C(=O)Oc2ccc(F)cc2C#N)CC1. The van der Waals surface area contributed by atoms with Gasteiger partial charge in [-0.15, -0.1) is 0 Å². The van der Waals surface area contributed by atoms with Crippen LogP contribution in [0.2, 0.25) is 0 Å². The summed E-state index contributed by atoms with van der Waals surface area (Å²) < 4.78 is 18.3. The van der Waals surface area contributed by atoms with Gasteiger partial charge in [-0.3, -0.25) is 4.79 Å². The lowest BCUT2D eigenvalue weighted by Gasteiger charge is -2.26. The predicted molar refractivity (Wildman–Crippen MR) is 77.1 cm³/mol. The van der Waals surface area contributed by atoms with Crippen molar-refractivity contribution in [2.45, 2.75) is 45.4 Å². The number of nitriles is 1. The van der Waals surface area contributed by atoms with Gasteiger partial charge in [0.15, 0.2) is 0 Å². The lowest BCUT2D eigenvalue weighted by molar-refractivity contribution is -0.140. The minimum Gasteiger partial charge on any atom is -0.425 e. The van der Waals surface area contributed by atoms with Crippen LogP contribution >= 0.6 is 0 Å². The Kier molecular flexibility index (Phi) is 5.32. The zero-order chi connectivity index (χ0) is 15.2. The number of halogens is 1. The second-order valence-electron chi connectivity index (χ2n) is 5.68. The number of carbonyl (C=O) groups is 1. The molecule has 0 bridgehead atoms. The number of nitrogens with zero attached hydrogens (tertiary/aromatic N) is 1. The summed E-state index contributed by atoms with van der Waals surface area (Å²) in [6.07, 6.45) is 6.20. The molecule has 1 aromatic carbocycles. The Bertz CT molecular complexity index is 542. The van der Waals surface area contributed by atoms with Crippen molar-refractivity contribution in [3.8, 4) is 11.8 Å². The van der Waals surface area contributed by atoms with Crippen LogP contribution in [0.25, 0.3) is 0 Å². The minimum atomic E-state index is -0.508. The van der Waals surface area contributed by atoms with E-state index in [1.54, 1.807) is 0 Å². The minimum absolute atomic E-state index is 0.0584. The normalized spacial score (nSPS) is 21.6. The van der Waals surface area contributed by atoms with Gasteiger partial charge in [-0.2, -0.15) is 5.26 Å². The molecule has 4 heteroatoms. The molecule has 0 aromatic heterocycles. The zero-order valence-electron chi connectivity index (χ0n) is 12.3. The van der Waals surface area contributed by atoms with E-state index in [0.717, 1.165) is 37.7 Å². The van der Waals surface area contributed by atoms with Crippen LogP contribution in [0.4, 0.5) is 4.39 Å². The summed E-state index contributed by atoms with van der Waals surface area (Å²) in [5.74, 6) is -0.0340. The first-order valence-electron chi connectivity index (χ1n) is 7.55. The molecular weight excluding hydrogens is 269 g/mol. The molecule has 0 spiro atoms. The average Bonchev–Trinajstić information content (AvgIpc) is 2.50. The summed E-state index contributed by atoms with van der Waals surface area (Å²) in [7, 11) is 0. The second kappa shape index (κ2) is 7.21. The van der Waals surface area contributed by atoms with Gasteiger partial charge in [-0.1, -0.05) is 19.8 Å². The van der Waals surface area contributed by atoms with Crippen LogP contribution in [0.15, 0.2) is 18.2 Å². The van der Waals surface area contributed by atoms with Gasteiger partial charge in [0.2, 0.25) is 0 Å². The van der Waals surface area contributed by atoms with Crippen LogP contribution in [0.5, 0.6) is 5.75 Å². The molecule has 2 rings (SSSR count). The van der Waals surface area contributed by atoms with Crippen LogP contribution in [0, 0.1) is 29.0 Å². The highest BCUT2D eigenvalue weighted by atomic mass is 19.1. The zero-order valence-corrected chi connectivity index (χ0v) is 12.3. The third-order valence-corrected chi connectivity index (χ3v) is 4.15. The smallest absolute Gasteiger partial charge is 0.314 e. The van der Waals surface area contributed by atoms with Crippen molar-refractivity contribution in [2.75, 3.05) is 0 Å². The summed E-state index contributed by atoms with van der Waals surface area (Å²) in [6, 6.07) is 5.47. The first kappa shape index (κ1) is 15.5. The molecule has 0 amide bonds. The highest BCUT2D eigenvalue weighted by molar-refractivity contribution is 5.76. The monoisotopic (exact) mass is 289 g/mol. The number of esters is 1. The van der Waals surface area contributed by atoms with Crippen molar-refractivity contribution in [1.29, 1.82) is 5.26 Å². The molecule has 0 atom stereocenters. The van der Waals surface area contributed by atoms with E-state index in [1.165, 1.54) is 25.0 Å². The molecule has 0 N–H and O–H groups in total. The Hall–Kier alpha value is -1.89. The number of ether oxygens (including phenoxy) is 1. The van der Waals surface area contributed by atoms with Crippen molar-refractivity contribution in [2.24, 2.45) is 11.8 Å². The summed E-state index contributed by atoms with van der Waals surface area (Å²) >= 11 is 0. The Morgan fingerprint density at radius 3 is 2.71 bits per heavy atom. The Balaban J connectivity index is 1.95. The van der Waals surface area contributed by atoms with Crippen LogP contribution in [-0.4, -0.2) is 5.97 Å². The number of carbonyl (C=O) groups excluding carboxylic acids is 1. The fraction of sp³-hybridized carbons (Fsp3) is 0.529. The molecule has 1 fully saturated rings. The van der Waals surface area contributed by atoms with Crippen LogP contribution in [-0.2, 0) is 4.79 Å². The summed E-state index contributed by atoms with van der Waals surface area (Å²) in [5.41, 5.74) is 0.0584. The van der Waals surface area contributed by atoms with E-state index in [9.17, 15) is 9.18 Å². The Morgan fingerprint density at radius 2 is 2.10 bits per heavy atom. The van der Waals surface area contributed by atoms with E-state index in [4.69, 9.17) is 10.00 Å². The summed E-state index contributed by atoms with van der Waals surface area (Å²) in [5, 5.41) is 8.95. The standard InChI is InChI=1S/C17H20FNO2/c1-2-3-12-4-6-13(7-5-12)17(20)21-16-9-8-15(18)10-14(16)11-19/h8-10,12-13H,2-7H2,1H3. The lowest BCUT2D eigenvalue weighted by atomic mass is 9.80. The fourth-order valence-corrected chi connectivity index (χ4v) is 2.97. The molecule has 0 saturated heterocycles. The largest absolute Gasteiger partial charge is 0.425 e. The van der Waals surface area contributed by atoms with Crippen LogP contribution < -0.4 is 4.74 Å². The van der Waals surface area contributed by atoms with E-state index in [1.807, 2.05) is 6.07 Å². The van der Waals surface area contributed by atoms with Crippen molar-refractivity contribution in [3.63, 3.8) is 0 Å². The maximum absolute atomic E-state index is 13.1. The van der Waals surface area contributed by atoms with Gasteiger partial charge in [0.05, 0.1) is 11.5 Å². The van der Waals surface area contributed by atoms with Crippen molar-refractivity contribution >= 4 is 5.97 Å². The molecule has 0 radical (unpaired) electrons. The number of hydrogen-bond acceptors (Lipinski definition) is 3. The Morgan fingerprint density at radius 1 is 1.38 bits per heavy atom. The van der Waals surface area contributed by atoms with Crippen molar-refractivity contribution in [1.82, 2.24) is 0 Å². The van der Waals surface area contributed by atoms with Gasteiger partial charge in [-0.25, -0.2) is 4.39 Å². The van der Waals surface area contributed by atoms with E-state index in [-0.39, 0.29) is 23.2 Å². The lowest BCUT2D eigenvalue weighted by Crippen LogP contribution is -2.25. The van der Waals surface area contributed by atoms with E-state index < -0.39 is 5.82 Å². The van der Waals surface area contributed by atoms with Crippen LogP contribution in [0.3, 0.4) is 0 Å². The highest BCUT2D eigenvalue weighted by Crippen LogP contribution is 2.32. The first-order chi connectivity index (χ1) is 10.1. The molecule has 0 heterocycles. The number of rotatable bonds is 4. The van der Waals surface area contributed by atoms with Crippen molar-refractivity contribution in [3.05, 3.63) is 29.6 Å². The summed E-state index contributed by atoms with van der Waals surface area (Å²) in [6.45, 7) is 2.18. The quantitative estimate of drug-likeness (QED) is 0.616. The molecular formula is C17H20FNO2. The molecule has 112 valence electrons. The van der Waals surface area contributed by atoms with Crippen LogP contribution in [0.1, 0.15) is 51.0 Å². The highest BCUT2D eigenvalue weighted by Gasteiger charge is 2.27. The fourth-order valence-electron chi connectivity index (χ4n) is 2.97. The first-order valence-corrected chi connectivity index (χ1v) is 7.55. The van der Waals surface area contributed by atoms with Gasteiger partial charge >= 0.3 is 5.97 Å². The van der Waals surface area contributed by atoms with Gasteiger partial charge in [0.25, 0.3) is 0 Å². The molecule has 1 aromatic rings. The molecule has 1 saturated carbocycles. The third kappa shape index (κ3) is 4.04. The summed E-state index contributed by atoms with van der Waals surface area (Å²) in [4.78, 5) is 12.2. The maximum Gasteiger partial charge on any atom is 0.314 e. The topological polar surface area (TPSA) is 50.1 Å². The average molecular weight is 289 g/mol. The van der Waals surface area contributed by atoms with Gasteiger partial charge in [0.1, 0.15) is 17.6 Å². The van der Waals surface area contributed by atoms with Gasteiger partial charge < -0.3 is 4.74 Å². The number of benzene rings is 1. The molecule has 3 nitrogen and oxygen atoms in total. The van der Waals surface area contributed by atoms with E-state index in [2.05, 4.69) is 6.92 Å². The third-order valence-electron chi connectivity index (χ3n) is 4.15. The predicted octanol–water partition coefficient (Wildman–Crippen LogP) is 4.21. The van der Waals surface area contributed by atoms with E-state index >= 15 is 0 Å². The van der Waals surface area contributed by atoms with Gasteiger partial charge in [0, 0.05) is 0 Å². The van der Waals surface area contributed by atoms with E-state index in [0.29, 0.717) is 0 Å². The Labute approximate surface area is 124 Å².